The Bertz CT molecular complexity index is 503. The highest BCUT2D eigenvalue weighted by Gasteiger charge is 2.06. The first-order chi connectivity index (χ1) is 7.85. The summed E-state index contributed by atoms with van der Waals surface area (Å²) in [6.07, 6.45) is 3.79. The van der Waals surface area contributed by atoms with Crippen LogP contribution in [-0.4, -0.2) is 9.97 Å². The quantitative estimate of drug-likeness (QED) is 0.848. The van der Waals surface area contributed by atoms with Crippen molar-refractivity contribution in [2.24, 2.45) is 0 Å². The molecule has 80 valence electrons. The number of imidazole rings is 1. The van der Waals surface area contributed by atoms with Gasteiger partial charge in [0, 0.05) is 5.56 Å². The van der Waals surface area contributed by atoms with Crippen LogP contribution in [0, 0.1) is 11.3 Å². The molecule has 3 nitrogen and oxygen atoms in total. The van der Waals surface area contributed by atoms with Gasteiger partial charge in [0.15, 0.2) is 5.69 Å². The van der Waals surface area contributed by atoms with Gasteiger partial charge in [-0.3, -0.25) is 0 Å². The Morgan fingerprint density at radius 3 is 2.69 bits per heavy atom. The first-order valence-electron chi connectivity index (χ1n) is 5.38. The van der Waals surface area contributed by atoms with Gasteiger partial charge in [0.2, 0.25) is 0 Å². The van der Waals surface area contributed by atoms with E-state index in [-0.39, 0.29) is 0 Å². The molecule has 1 N–H and O–H groups in total. The van der Waals surface area contributed by atoms with Crippen molar-refractivity contribution in [3.63, 3.8) is 0 Å². The van der Waals surface area contributed by atoms with Crippen LogP contribution >= 0.6 is 0 Å². The van der Waals surface area contributed by atoms with E-state index in [2.05, 4.69) is 35.1 Å². The predicted octanol–water partition coefficient (Wildman–Crippen LogP) is 2.90. The Balaban J connectivity index is 2.32. The smallest absolute Gasteiger partial charge is 0.166 e. The molecule has 0 atom stereocenters. The Morgan fingerprint density at radius 2 is 2.06 bits per heavy atom. The first kappa shape index (κ1) is 10.4. The molecule has 2 aromatic rings. The van der Waals surface area contributed by atoms with Crippen LogP contribution in [0.15, 0.2) is 30.6 Å². The molecule has 0 radical (unpaired) electrons. The van der Waals surface area contributed by atoms with E-state index in [1.807, 2.05) is 12.1 Å². The van der Waals surface area contributed by atoms with Crippen molar-refractivity contribution in [3.05, 3.63) is 41.9 Å². The molecular formula is C13H13N3. The van der Waals surface area contributed by atoms with Crippen molar-refractivity contribution in [2.45, 2.75) is 19.8 Å². The summed E-state index contributed by atoms with van der Waals surface area (Å²) in [7, 11) is 0. The van der Waals surface area contributed by atoms with Gasteiger partial charge in [0.05, 0.1) is 12.0 Å². The monoisotopic (exact) mass is 211 g/mol. The van der Waals surface area contributed by atoms with E-state index >= 15 is 0 Å². The summed E-state index contributed by atoms with van der Waals surface area (Å²) in [6, 6.07) is 10.3. The van der Waals surface area contributed by atoms with Crippen LogP contribution in [0.2, 0.25) is 0 Å². The average molecular weight is 211 g/mol. The number of aryl methyl sites for hydroxylation is 1. The van der Waals surface area contributed by atoms with E-state index in [1.165, 1.54) is 5.56 Å². The van der Waals surface area contributed by atoms with E-state index in [0.717, 1.165) is 24.1 Å². The predicted molar refractivity (Wildman–Crippen MR) is 62.7 cm³/mol. The Morgan fingerprint density at radius 1 is 1.31 bits per heavy atom. The van der Waals surface area contributed by atoms with Crippen molar-refractivity contribution >= 4 is 0 Å². The highest BCUT2D eigenvalue weighted by molar-refractivity contribution is 5.64. The van der Waals surface area contributed by atoms with E-state index in [1.54, 1.807) is 6.33 Å². The Labute approximate surface area is 94.8 Å². The van der Waals surface area contributed by atoms with Gasteiger partial charge in [0.25, 0.3) is 0 Å². The van der Waals surface area contributed by atoms with Gasteiger partial charge in [-0.2, -0.15) is 5.26 Å². The number of nitriles is 1. The lowest BCUT2D eigenvalue weighted by Crippen LogP contribution is -1.85. The normalized spacial score (nSPS) is 10.0. The summed E-state index contributed by atoms with van der Waals surface area (Å²) in [4.78, 5) is 6.94. The van der Waals surface area contributed by atoms with Gasteiger partial charge in [-0.25, -0.2) is 4.98 Å². The van der Waals surface area contributed by atoms with Gasteiger partial charge in [-0.15, -0.1) is 0 Å². The third-order valence-corrected chi connectivity index (χ3v) is 2.53. The highest BCUT2D eigenvalue weighted by Crippen LogP contribution is 2.20. The lowest BCUT2D eigenvalue weighted by atomic mass is 10.1. The first-order valence-corrected chi connectivity index (χ1v) is 5.38. The topological polar surface area (TPSA) is 52.5 Å². The van der Waals surface area contributed by atoms with Gasteiger partial charge < -0.3 is 4.98 Å². The Kier molecular flexibility index (Phi) is 3.02. The molecule has 2 rings (SSSR count). The van der Waals surface area contributed by atoms with Gasteiger partial charge in [-0.05, 0) is 12.0 Å². The zero-order valence-corrected chi connectivity index (χ0v) is 9.20. The van der Waals surface area contributed by atoms with E-state index < -0.39 is 0 Å². The number of rotatable bonds is 3. The summed E-state index contributed by atoms with van der Waals surface area (Å²) in [5.41, 5.74) is 3.58. The van der Waals surface area contributed by atoms with Crippen LogP contribution in [0.5, 0.6) is 0 Å². The fraction of sp³-hybridized carbons (Fsp3) is 0.231. The lowest BCUT2D eigenvalue weighted by molar-refractivity contribution is 0.922. The maximum absolute atomic E-state index is 8.87. The van der Waals surface area contributed by atoms with Gasteiger partial charge in [-0.1, -0.05) is 37.6 Å². The minimum atomic E-state index is 0.447. The minimum absolute atomic E-state index is 0.447. The van der Waals surface area contributed by atoms with E-state index in [4.69, 9.17) is 5.26 Å². The molecule has 0 bridgehead atoms. The average Bonchev–Trinajstić information content (AvgIpc) is 2.78. The number of benzene rings is 1. The molecule has 3 heteroatoms. The number of nitrogens with zero attached hydrogens (tertiary/aromatic N) is 2. The molecule has 1 heterocycles. The number of aromatic nitrogens is 2. The Hall–Kier alpha value is -2.08. The van der Waals surface area contributed by atoms with E-state index in [0.29, 0.717) is 5.69 Å². The summed E-state index contributed by atoms with van der Waals surface area (Å²) >= 11 is 0. The summed E-state index contributed by atoms with van der Waals surface area (Å²) in [5, 5.41) is 8.87. The van der Waals surface area contributed by atoms with Crippen LogP contribution in [0.1, 0.15) is 24.6 Å². The van der Waals surface area contributed by atoms with Crippen molar-refractivity contribution in [1.82, 2.24) is 9.97 Å². The highest BCUT2D eigenvalue weighted by atomic mass is 14.9. The van der Waals surface area contributed by atoms with Crippen molar-refractivity contribution in [1.29, 1.82) is 5.26 Å². The summed E-state index contributed by atoms with van der Waals surface area (Å²) in [6.45, 7) is 2.16. The van der Waals surface area contributed by atoms with Crippen molar-refractivity contribution in [3.8, 4) is 17.3 Å². The number of hydrogen-bond donors (Lipinski definition) is 1. The van der Waals surface area contributed by atoms with Crippen LogP contribution in [-0.2, 0) is 6.42 Å². The molecule has 1 aromatic carbocycles. The fourth-order valence-electron chi connectivity index (χ4n) is 1.73. The molecule has 0 aliphatic carbocycles. The van der Waals surface area contributed by atoms with Crippen molar-refractivity contribution in [2.75, 3.05) is 0 Å². The molecule has 16 heavy (non-hydrogen) atoms. The van der Waals surface area contributed by atoms with E-state index in [9.17, 15) is 0 Å². The molecule has 1 aromatic heterocycles. The summed E-state index contributed by atoms with van der Waals surface area (Å²) in [5.74, 6) is 0. The largest absolute Gasteiger partial charge is 0.343 e. The zero-order chi connectivity index (χ0) is 11.4. The van der Waals surface area contributed by atoms with Crippen molar-refractivity contribution < 1.29 is 0 Å². The van der Waals surface area contributed by atoms with Crippen LogP contribution in [0.25, 0.3) is 11.3 Å². The number of H-pyrrole nitrogens is 1. The minimum Gasteiger partial charge on any atom is -0.343 e. The number of hydrogen-bond acceptors (Lipinski definition) is 2. The second kappa shape index (κ2) is 4.63. The molecule has 0 saturated carbocycles. The molecule has 0 spiro atoms. The molecular weight excluding hydrogens is 198 g/mol. The number of nitrogens with one attached hydrogen (secondary N) is 1. The van der Waals surface area contributed by atoms with Gasteiger partial charge in [0.1, 0.15) is 6.07 Å². The third kappa shape index (κ3) is 1.96. The molecule has 0 aliphatic rings. The lowest BCUT2D eigenvalue weighted by Gasteiger charge is -2.01. The second-order valence-corrected chi connectivity index (χ2v) is 3.68. The maximum atomic E-state index is 8.87. The maximum Gasteiger partial charge on any atom is 0.166 e. The number of aromatic amines is 1. The standard InChI is InChI=1S/C13H13N3/c1-2-3-10-4-6-11(7-5-10)13-12(8-14)15-9-16-13/h4-7,9H,2-3H2,1H3,(H,15,16). The third-order valence-electron chi connectivity index (χ3n) is 2.53. The SMILES string of the molecule is CCCc1ccc(-c2[nH]cnc2C#N)cc1. The van der Waals surface area contributed by atoms with Crippen LogP contribution in [0.3, 0.4) is 0 Å². The molecule has 0 fully saturated rings. The molecule has 0 amide bonds. The molecule has 0 aliphatic heterocycles. The molecule has 0 saturated heterocycles. The summed E-state index contributed by atoms with van der Waals surface area (Å²) < 4.78 is 0. The fourth-order valence-corrected chi connectivity index (χ4v) is 1.73. The van der Waals surface area contributed by atoms with Crippen LogP contribution < -0.4 is 0 Å². The van der Waals surface area contributed by atoms with Gasteiger partial charge >= 0.3 is 0 Å². The second-order valence-electron chi connectivity index (χ2n) is 3.68. The zero-order valence-electron chi connectivity index (χ0n) is 9.20. The molecule has 0 unspecified atom stereocenters. The van der Waals surface area contributed by atoms with Crippen LogP contribution in [0.4, 0.5) is 0 Å².